The number of anilines is 1. The lowest BCUT2D eigenvalue weighted by molar-refractivity contribution is -0.116. The molecule has 0 aliphatic carbocycles. The van der Waals surface area contributed by atoms with Crippen LogP contribution in [0.3, 0.4) is 0 Å². The summed E-state index contributed by atoms with van der Waals surface area (Å²) >= 11 is 0. The Morgan fingerprint density at radius 1 is 0.969 bits per heavy atom. The second kappa shape index (κ2) is 9.85. The highest BCUT2D eigenvalue weighted by molar-refractivity contribution is 5.91. The molecule has 5 heteroatoms. The molecule has 32 heavy (non-hydrogen) atoms. The smallest absolute Gasteiger partial charge is 0.231 e. The maximum absolute atomic E-state index is 12.3. The summed E-state index contributed by atoms with van der Waals surface area (Å²) < 4.78 is 16.8. The third-order valence-corrected chi connectivity index (χ3v) is 6.72. The lowest BCUT2D eigenvalue weighted by atomic mass is 9.76. The standard InChI is InChI=1S/C27H37NO4/c1-7-26(3,4)19-11-13-22(21(16-19)27(5,6)8-2)30-15-9-10-25(29)28-20-12-14-23-24(17-20)32-18-31-23/h11-14,16-17H,7-10,15,18H2,1-6H3,(H,28,29). The Bertz CT molecular complexity index is 949. The number of nitrogens with one attached hydrogen (secondary N) is 1. The van der Waals surface area contributed by atoms with Crippen molar-refractivity contribution in [3.63, 3.8) is 0 Å². The summed E-state index contributed by atoms with van der Waals surface area (Å²) in [6.45, 7) is 14.2. The molecule has 1 heterocycles. The van der Waals surface area contributed by atoms with Gasteiger partial charge in [-0.15, -0.1) is 0 Å². The fourth-order valence-corrected chi connectivity index (χ4v) is 3.61. The van der Waals surface area contributed by atoms with E-state index in [0.29, 0.717) is 36.6 Å². The largest absolute Gasteiger partial charge is 0.493 e. The molecule has 5 nitrogen and oxygen atoms in total. The Morgan fingerprint density at radius 3 is 2.41 bits per heavy atom. The molecule has 0 saturated carbocycles. The Kier molecular flexibility index (Phi) is 7.37. The number of fused-ring (bicyclic) bond motifs is 1. The van der Waals surface area contributed by atoms with E-state index < -0.39 is 0 Å². The Balaban J connectivity index is 1.58. The number of ether oxygens (including phenoxy) is 3. The molecule has 0 spiro atoms. The molecule has 0 aromatic heterocycles. The fourth-order valence-electron chi connectivity index (χ4n) is 3.61. The van der Waals surface area contributed by atoms with E-state index in [9.17, 15) is 4.79 Å². The summed E-state index contributed by atoms with van der Waals surface area (Å²) in [6.07, 6.45) is 3.14. The summed E-state index contributed by atoms with van der Waals surface area (Å²) in [5.74, 6) is 2.24. The zero-order chi connectivity index (χ0) is 23.4. The Labute approximate surface area is 192 Å². The first-order valence-electron chi connectivity index (χ1n) is 11.6. The molecule has 0 saturated heterocycles. The molecule has 1 amide bonds. The van der Waals surface area contributed by atoms with Gasteiger partial charge in [-0.25, -0.2) is 0 Å². The van der Waals surface area contributed by atoms with Gasteiger partial charge in [0.15, 0.2) is 11.5 Å². The van der Waals surface area contributed by atoms with E-state index in [0.717, 1.165) is 18.6 Å². The van der Waals surface area contributed by atoms with Crippen molar-refractivity contribution >= 4 is 11.6 Å². The molecule has 0 atom stereocenters. The highest BCUT2D eigenvalue weighted by Gasteiger charge is 2.26. The molecule has 174 valence electrons. The van der Waals surface area contributed by atoms with Crippen molar-refractivity contribution in [1.29, 1.82) is 0 Å². The van der Waals surface area contributed by atoms with Gasteiger partial charge in [-0.2, -0.15) is 0 Å². The molecule has 2 aromatic carbocycles. The first kappa shape index (κ1) is 24.0. The van der Waals surface area contributed by atoms with Crippen LogP contribution in [0, 0.1) is 0 Å². The first-order valence-corrected chi connectivity index (χ1v) is 11.6. The van der Waals surface area contributed by atoms with Crippen LogP contribution in [0.25, 0.3) is 0 Å². The third kappa shape index (κ3) is 5.56. The normalized spacial score (nSPS) is 13.2. The zero-order valence-electron chi connectivity index (χ0n) is 20.3. The lowest BCUT2D eigenvalue weighted by Crippen LogP contribution is -2.21. The Morgan fingerprint density at radius 2 is 1.69 bits per heavy atom. The number of hydrogen-bond donors (Lipinski definition) is 1. The van der Waals surface area contributed by atoms with Crippen LogP contribution in [0.15, 0.2) is 36.4 Å². The molecule has 1 N–H and O–H groups in total. The van der Waals surface area contributed by atoms with Gasteiger partial charge in [0, 0.05) is 23.7 Å². The molecule has 0 unspecified atom stereocenters. The number of carbonyl (C=O) groups excluding carboxylic acids is 1. The first-order chi connectivity index (χ1) is 15.2. The number of benzene rings is 2. The van der Waals surface area contributed by atoms with Gasteiger partial charge in [0.1, 0.15) is 5.75 Å². The van der Waals surface area contributed by atoms with Crippen molar-refractivity contribution in [2.75, 3.05) is 18.7 Å². The van der Waals surface area contributed by atoms with E-state index in [1.165, 1.54) is 11.1 Å². The van der Waals surface area contributed by atoms with Crippen LogP contribution < -0.4 is 19.5 Å². The number of hydrogen-bond acceptors (Lipinski definition) is 4. The fraction of sp³-hybridized carbons (Fsp3) is 0.519. The molecule has 2 aromatic rings. The van der Waals surface area contributed by atoms with E-state index in [2.05, 4.69) is 65.1 Å². The second-order valence-electron chi connectivity index (χ2n) is 9.75. The van der Waals surface area contributed by atoms with Crippen molar-refractivity contribution in [2.45, 2.75) is 78.1 Å². The molecule has 0 fully saturated rings. The van der Waals surface area contributed by atoms with E-state index in [-0.39, 0.29) is 23.5 Å². The molecule has 0 bridgehead atoms. The number of carbonyl (C=O) groups is 1. The van der Waals surface area contributed by atoms with Crippen LogP contribution in [0.2, 0.25) is 0 Å². The molecule has 1 aliphatic rings. The number of amides is 1. The quantitative estimate of drug-likeness (QED) is 0.424. The van der Waals surface area contributed by atoms with Gasteiger partial charge in [-0.1, -0.05) is 53.7 Å². The maximum Gasteiger partial charge on any atom is 0.231 e. The maximum atomic E-state index is 12.3. The van der Waals surface area contributed by atoms with Crippen molar-refractivity contribution in [3.8, 4) is 17.2 Å². The summed E-state index contributed by atoms with van der Waals surface area (Å²) in [5.41, 5.74) is 3.44. The zero-order valence-corrected chi connectivity index (χ0v) is 20.3. The van der Waals surface area contributed by atoms with E-state index in [4.69, 9.17) is 14.2 Å². The van der Waals surface area contributed by atoms with Gasteiger partial charge in [0.05, 0.1) is 6.61 Å². The summed E-state index contributed by atoms with van der Waals surface area (Å²) in [7, 11) is 0. The lowest BCUT2D eigenvalue weighted by Gasteiger charge is -2.30. The van der Waals surface area contributed by atoms with Gasteiger partial charge in [-0.05, 0) is 53.9 Å². The SMILES string of the molecule is CCC(C)(C)c1ccc(OCCCC(=O)Nc2ccc3c(c2)OCO3)c(C(C)(C)CC)c1. The van der Waals surface area contributed by atoms with Gasteiger partial charge in [-0.3, -0.25) is 4.79 Å². The number of rotatable bonds is 10. The van der Waals surface area contributed by atoms with Crippen molar-refractivity contribution in [1.82, 2.24) is 0 Å². The second-order valence-corrected chi connectivity index (χ2v) is 9.75. The minimum absolute atomic E-state index is 0.0197. The van der Waals surface area contributed by atoms with E-state index >= 15 is 0 Å². The summed E-state index contributed by atoms with van der Waals surface area (Å²) in [4.78, 5) is 12.3. The molecular weight excluding hydrogens is 402 g/mol. The van der Waals surface area contributed by atoms with E-state index in [1.54, 1.807) is 6.07 Å². The van der Waals surface area contributed by atoms with E-state index in [1.807, 2.05) is 12.1 Å². The highest BCUT2D eigenvalue weighted by atomic mass is 16.7. The molecule has 1 aliphatic heterocycles. The van der Waals surface area contributed by atoms with Crippen LogP contribution in [0.5, 0.6) is 17.2 Å². The minimum atomic E-state index is -0.0402. The summed E-state index contributed by atoms with van der Waals surface area (Å²) in [6, 6.07) is 12.0. The van der Waals surface area contributed by atoms with Crippen LogP contribution in [-0.4, -0.2) is 19.3 Å². The minimum Gasteiger partial charge on any atom is -0.493 e. The van der Waals surface area contributed by atoms with Crippen molar-refractivity contribution in [3.05, 3.63) is 47.5 Å². The van der Waals surface area contributed by atoms with Gasteiger partial charge in [0.2, 0.25) is 12.7 Å². The van der Waals surface area contributed by atoms with Crippen LogP contribution in [0.4, 0.5) is 5.69 Å². The predicted octanol–water partition coefficient (Wildman–Crippen LogP) is 6.59. The topological polar surface area (TPSA) is 56.8 Å². The van der Waals surface area contributed by atoms with Gasteiger partial charge in [0.25, 0.3) is 0 Å². The Hall–Kier alpha value is -2.69. The van der Waals surface area contributed by atoms with Crippen LogP contribution in [-0.2, 0) is 15.6 Å². The van der Waals surface area contributed by atoms with Crippen LogP contribution >= 0.6 is 0 Å². The van der Waals surface area contributed by atoms with Crippen LogP contribution in [0.1, 0.15) is 78.4 Å². The third-order valence-electron chi connectivity index (χ3n) is 6.72. The van der Waals surface area contributed by atoms with Gasteiger partial charge < -0.3 is 19.5 Å². The average molecular weight is 440 g/mol. The summed E-state index contributed by atoms with van der Waals surface area (Å²) in [5, 5.41) is 2.92. The molecular formula is C27H37NO4. The molecule has 3 rings (SSSR count). The molecule has 0 radical (unpaired) electrons. The van der Waals surface area contributed by atoms with Gasteiger partial charge >= 0.3 is 0 Å². The van der Waals surface area contributed by atoms with Crippen molar-refractivity contribution < 1.29 is 19.0 Å². The highest BCUT2D eigenvalue weighted by Crippen LogP contribution is 2.38. The monoisotopic (exact) mass is 439 g/mol. The predicted molar refractivity (Wildman–Crippen MR) is 129 cm³/mol. The average Bonchev–Trinajstić information content (AvgIpc) is 3.24. The van der Waals surface area contributed by atoms with Crippen molar-refractivity contribution in [2.24, 2.45) is 0 Å².